The van der Waals surface area contributed by atoms with Crippen LogP contribution < -0.4 is 0 Å². The maximum absolute atomic E-state index is 11.7. The van der Waals surface area contributed by atoms with Gasteiger partial charge in [0.05, 0.1) is 6.10 Å². The number of hydrogen-bond acceptors (Lipinski definition) is 2. The summed E-state index contributed by atoms with van der Waals surface area (Å²) in [5, 5.41) is 0. The van der Waals surface area contributed by atoms with Gasteiger partial charge < -0.3 is 9.64 Å². The standard InChI is InChI=1S/C9H15F2NO2/c1-2-3-9(13)12-4-7(5-12)14-6-8(10)11/h7-8H,2-6H2,1H3. The van der Waals surface area contributed by atoms with Crippen molar-refractivity contribution in [2.75, 3.05) is 19.7 Å². The number of amides is 1. The molecule has 1 amide bonds. The van der Waals surface area contributed by atoms with Crippen molar-refractivity contribution in [2.45, 2.75) is 32.3 Å². The van der Waals surface area contributed by atoms with E-state index in [1.54, 1.807) is 4.90 Å². The number of halogens is 2. The van der Waals surface area contributed by atoms with Gasteiger partial charge in [-0.15, -0.1) is 0 Å². The first-order valence-electron chi connectivity index (χ1n) is 4.81. The van der Waals surface area contributed by atoms with Crippen LogP contribution in [-0.4, -0.2) is 43.0 Å². The van der Waals surface area contributed by atoms with Crippen LogP contribution in [0.3, 0.4) is 0 Å². The summed E-state index contributed by atoms with van der Waals surface area (Å²) >= 11 is 0. The van der Waals surface area contributed by atoms with E-state index >= 15 is 0 Å². The molecule has 1 aliphatic rings. The topological polar surface area (TPSA) is 29.5 Å². The van der Waals surface area contributed by atoms with Crippen LogP contribution in [0.5, 0.6) is 0 Å². The zero-order chi connectivity index (χ0) is 10.6. The summed E-state index contributed by atoms with van der Waals surface area (Å²) in [5.74, 6) is 0.0874. The van der Waals surface area contributed by atoms with Crippen molar-refractivity contribution in [3.05, 3.63) is 0 Å². The molecule has 0 unspecified atom stereocenters. The zero-order valence-electron chi connectivity index (χ0n) is 8.21. The number of hydrogen-bond donors (Lipinski definition) is 0. The molecule has 1 fully saturated rings. The van der Waals surface area contributed by atoms with Gasteiger partial charge in [0.25, 0.3) is 6.43 Å². The maximum atomic E-state index is 11.7. The van der Waals surface area contributed by atoms with Crippen LogP contribution in [0.25, 0.3) is 0 Å². The van der Waals surface area contributed by atoms with Crippen LogP contribution in [0.2, 0.25) is 0 Å². The second-order valence-corrected chi connectivity index (χ2v) is 3.40. The highest BCUT2D eigenvalue weighted by Crippen LogP contribution is 2.14. The quantitative estimate of drug-likeness (QED) is 0.679. The largest absolute Gasteiger partial charge is 0.369 e. The Labute approximate surface area is 82.0 Å². The summed E-state index contributed by atoms with van der Waals surface area (Å²) in [6, 6.07) is 0. The summed E-state index contributed by atoms with van der Waals surface area (Å²) in [7, 11) is 0. The molecule has 14 heavy (non-hydrogen) atoms. The SMILES string of the molecule is CCCC(=O)N1CC(OCC(F)F)C1. The van der Waals surface area contributed by atoms with Gasteiger partial charge in [-0.25, -0.2) is 8.78 Å². The van der Waals surface area contributed by atoms with Crippen LogP contribution in [0, 0.1) is 0 Å². The fourth-order valence-electron chi connectivity index (χ4n) is 1.33. The van der Waals surface area contributed by atoms with Gasteiger partial charge in [0.2, 0.25) is 5.91 Å². The number of ether oxygens (including phenoxy) is 1. The molecule has 0 radical (unpaired) electrons. The lowest BCUT2D eigenvalue weighted by molar-refractivity contribution is -0.147. The van der Waals surface area contributed by atoms with E-state index in [1.807, 2.05) is 6.92 Å². The molecule has 0 aromatic heterocycles. The minimum Gasteiger partial charge on any atom is -0.369 e. The number of nitrogens with zero attached hydrogens (tertiary/aromatic N) is 1. The van der Waals surface area contributed by atoms with E-state index in [-0.39, 0.29) is 12.0 Å². The lowest BCUT2D eigenvalue weighted by Crippen LogP contribution is -2.55. The molecule has 1 heterocycles. The van der Waals surface area contributed by atoms with Crippen LogP contribution in [0.15, 0.2) is 0 Å². The van der Waals surface area contributed by atoms with E-state index in [4.69, 9.17) is 4.74 Å². The van der Waals surface area contributed by atoms with Gasteiger partial charge in [-0.1, -0.05) is 6.92 Å². The summed E-state index contributed by atoms with van der Waals surface area (Å²) in [6.07, 6.45) is -1.26. The van der Waals surface area contributed by atoms with E-state index < -0.39 is 13.0 Å². The molecular weight excluding hydrogens is 192 g/mol. The number of alkyl halides is 2. The Hall–Kier alpha value is -0.710. The van der Waals surface area contributed by atoms with Crippen molar-refractivity contribution in [3.8, 4) is 0 Å². The van der Waals surface area contributed by atoms with Crippen LogP contribution in [-0.2, 0) is 9.53 Å². The molecule has 0 aromatic carbocycles. The number of carbonyl (C=O) groups excluding carboxylic acids is 1. The highest BCUT2D eigenvalue weighted by atomic mass is 19.3. The Morgan fingerprint density at radius 1 is 1.57 bits per heavy atom. The minimum atomic E-state index is -2.42. The molecule has 0 spiro atoms. The average Bonchev–Trinajstić information content (AvgIpc) is 2.01. The van der Waals surface area contributed by atoms with Crippen LogP contribution in [0.1, 0.15) is 19.8 Å². The molecule has 3 nitrogen and oxygen atoms in total. The van der Waals surface area contributed by atoms with Gasteiger partial charge >= 0.3 is 0 Å². The molecule has 0 aromatic rings. The summed E-state index contributed by atoms with van der Waals surface area (Å²) in [5.41, 5.74) is 0. The van der Waals surface area contributed by atoms with E-state index in [0.717, 1.165) is 6.42 Å². The predicted molar refractivity (Wildman–Crippen MR) is 47.2 cm³/mol. The normalized spacial score (nSPS) is 17.3. The molecule has 0 bridgehead atoms. The molecule has 1 aliphatic heterocycles. The number of rotatable bonds is 5. The van der Waals surface area contributed by atoms with Gasteiger partial charge in [-0.05, 0) is 6.42 Å². The van der Waals surface area contributed by atoms with Crippen LogP contribution >= 0.6 is 0 Å². The average molecular weight is 207 g/mol. The van der Waals surface area contributed by atoms with E-state index in [1.165, 1.54) is 0 Å². The Morgan fingerprint density at radius 3 is 2.71 bits per heavy atom. The van der Waals surface area contributed by atoms with Crippen molar-refractivity contribution >= 4 is 5.91 Å². The summed E-state index contributed by atoms with van der Waals surface area (Å²) in [4.78, 5) is 12.9. The molecule has 0 aliphatic carbocycles. The third-order valence-corrected chi connectivity index (χ3v) is 2.12. The molecule has 0 N–H and O–H groups in total. The monoisotopic (exact) mass is 207 g/mol. The number of carbonyl (C=O) groups is 1. The second kappa shape index (κ2) is 5.24. The van der Waals surface area contributed by atoms with Gasteiger partial charge in [0.15, 0.2) is 0 Å². The Balaban J connectivity index is 2.08. The van der Waals surface area contributed by atoms with Gasteiger partial charge in [-0.2, -0.15) is 0 Å². The Bertz CT molecular complexity index is 193. The van der Waals surface area contributed by atoms with Crippen molar-refractivity contribution in [1.29, 1.82) is 0 Å². The van der Waals surface area contributed by atoms with E-state index in [9.17, 15) is 13.6 Å². The third-order valence-electron chi connectivity index (χ3n) is 2.12. The van der Waals surface area contributed by atoms with Gasteiger partial charge in [-0.3, -0.25) is 4.79 Å². The Morgan fingerprint density at radius 2 is 2.21 bits per heavy atom. The molecule has 5 heteroatoms. The highest BCUT2D eigenvalue weighted by molar-refractivity contribution is 5.77. The van der Waals surface area contributed by atoms with Crippen molar-refractivity contribution in [1.82, 2.24) is 4.90 Å². The van der Waals surface area contributed by atoms with E-state index in [0.29, 0.717) is 19.5 Å². The second-order valence-electron chi connectivity index (χ2n) is 3.40. The molecule has 1 saturated heterocycles. The molecular formula is C9H15F2NO2. The van der Waals surface area contributed by atoms with Crippen molar-refractivity contribution < 1.29 is 18.3 Å². The van der Waals surface area contributed by atoms with Gasteiger partial charge in [0, 0.05) is 19.5 Å². The molecule has 0 atom stereocenters. The Kier molecular flexibility index (Phi) is 4.25. The predicted octanol–water partition coefficient (Wildman–Crippen LogP) is 1.28. The first-order chi connectivity index (χ1) is 6.63. The lowest BCUT2D eigenvalue weighted by atomic mass is 10.1. The first-order valence-corrected chi connectivity index (χ1v) is 4.81. The summed E-state index contributed by atoms with van der Waals surface area (Å²) in [6.45, 7) is 2.33. The highest BCUT2D eigenvalue weighted by Gasteiger charge is 2.31. The summed E-state index contributed by atoms with van der Waals surface area (Å²) < 4.78 is 28.3. The van der Waals surface area contributed by atoms with Crippen molar-refractivity contribution in [3.63, 3.8) is 0 Å². The van der Waals surface area contributed by atoms with Crippen LogP contribution in [0.4, 0.5) is 8.78 Å². The van der Waals surface area contributed by atoms with Gasteiger partial charge in [0.1, 0.15) is 6.61 Å². The minimum absolute atomic E-state index is 0.0874. The fraction of sp³-hybridized carbons (Fsp3) is 0.889. The lowest BCUT2D eigenvalue weighted by Gasteiger charge is -2.38. The molecule has 82 valence electrons. The number of likely N-dealkylation sites (tertiary alicyclic amines) is 1. The smallest absolute Gasteiger partial charge is 0.261 e. The van der Waals surface area contributed by atoms with E-state index in [2.05, 4.69) is 0 Å². The zero-order valence-corrected chi connectivity index (χ0v) is 8.21. The molecule has 1 rings (SSSR count). The van der Waals surface area contributed by atoms with Crippen molar-refractivity contribution in [2.24, 2.45) is 0 Å². The fourth-order valence-corrected chi connectivity index (χ4v) is 1.33. The molecule has 0 saturated carbocycles. The maximum Gasteiger partial charge on any atom is 0.261 e. The first kappa shape index (κ1) is 11.4. The third kappa shape index (κ3) is 3.21.